The Balaban J connectivity index is 1.47. The van der Waals surface area contributed by atoms with E-state index >= 15 is 0 Å². The number of hydrogen-bond donors (Lipinski definition) is 0. The van der Waals surface area contributed by atoms with Gasteiger partial charge in [-0.15, -0.1) is 0 Å². The summed E-state index contributed by atoms with van der Waals surface area (Å²) < 4.78 is 5.39. The summed E-state index contributed by atoms with van der Waals surface area (Å²) in [5.74, 6) is 1.62. The van der Waals surface area contributed by atoms with Gasteiger partial charge in [0.2, 0.25) is 11.8 Å². The second kappa shape index (κ2) is 8.38. The lowest BCUT2D eigenvalue weighted by atomic mass is 9.65. The Hall–Kier alpha value is -1.62. The topological polar surface area (TPSA) is 45.7 Å². The minimum absolute atomic E-state index is 0.284. The summed E-state index contributed by atoms with van der Waals surface area (Å²) in [4.78, 5) is 20.5. The highest BCUT2D eigenvalue weighted by Crippen LogP contribution is 2.47. The minimum atomic E-state index is 0.284. The number of amides is 1. The molecule has 2 heterocycles. The van der Waals surface area contributed by atoms with Gasteiger partial charge in [0, 0.05) is 38.8 Å². The number of methoxy groups -OCH3 is 1. The number of piperidine rings is 1. The first-order valence-electron chi connectivity index (χ1n) is 9.92. The molecule has 26 heavy (non-hydrogen) atoms. The van der Waals surface area contributed by atoms with Gasteiger partial charge in [0.05, 0.1) is 7.11 Å². The van der Waals surface area contributed by atoms with Gasteiger partial charge < -0.3 is 9.64 Å². The zero-order valence-electron chi connectivity index (χ0n) is 16.5. The van der Waals surface area contributed by atoms with Gasteiger partial charge in [-0.1, -0.05) is 6.07 Å². The van der Waals surface area contributed by atoms with Crippen LogP contribution < -0.4 is 4.74 Å². The van der Waals surface area contributed by atoms with E-state index in [1.54, 1.807) is 18.2 Å². The summed E-state index contributed by atoms with van der Waals surface area (Å²) in [6, 6.07) is 4.10. The van der Waals surface area contributed by atoms with E-state index in [1.165, 1.54) is 44.1 Å². The van der Waals surface area contributed by atoms with Crippen LogP contribution in [-0.2, 0) is 11.3 Å². The number of carbonyl (C=O) groups excluding carboxylic acids is 1. The molecule has 0 radical (unpaired) electrons. The van der Waals surface area contributed by atoms with Gasteiger partial charge in [0.15, 0.2) is 0 Å². The van der Waals surface area contributed by atoms with Crippen LogP contribution in [0, 0.1) is 11.3 Å². The highest BCUT2D eigenvalue weighted by Gasteiger charge is 2.38. The van der Waals surface area contributed by atoms with Crippen LogP contribution in [0.25, 0.3) is 0 Å². The van der Waals surface area contributed by atoms with Gasteiger partial charge in [-0.25, -0.2) is 4.98 Å². The number of rotatable bonds is 5. The third kappa shape index (κ3) is 4.56. The molecule has 1 saturated carbocycles. The van der Waals surface area contributed by atoms with Crippen LogP contribution in [-0.4, -0.2) is 55.0 Å². The zero-order valence-corrected chi connectivity index (χ0v) is 16.5. The van der Waals surface area contributed by atoms with Crippen LogP contribution >= 0.6 is 0 Å². The molecule has 1 aliphatic carbocycles. The van der Waals surface area contributed by atoms with Gasteiger partial charge in [-0.3, -0.25) is 9.69 Å². The van der Waals surface area contributed by atoms with Crippen LogP contribution in [0.5, 0.6) is 5.88 Å². The minimum Gasteiger partial charge on any atom is -0.481 e. The molecule has 2 aliphatic rings. The van der Waals surface area contributed by atoms with Crippen molar-refractivity contribution >= 4 is 5.91 Å². The first-order valence-corrected chi connectivity index (χ1v) is 9.92. The van der Waals surface area contributed by atoms with Crippen LogP contribution in [0.15, 0.2) is 18.3 Å². The van der Waals surface area contributed by atoms with E-state index in [1.807, 2.05) is 20.2 Å². The molecule has 1 amide bonds. The Morgan fingerprint density at radius 3 is 2.58 bits per heavy atom. The van der Waals surface area contributed by atoms with Crippen LogP contribution in [0.1, 0.15) is 50.5 Å². The molecule has 0 aromatic carbocycles. The van der Waals surface area contributed by atoms with Crippen molar-refractivity contribution in [2.75, 3.05) is 34.3 Å². The molecule has 144 valence electrons. The summed E-state index contributed by atoms with van der Waals surface area (Å²) in [6.07, 6.45) is 10.1. The highest BCUT2D eigenvalue weighted by atomic mass is 16.5. The molecule has 3 rings (SSSR count). The van der Waals surface area contributed by atoms with E-state index in [0.717, 1.165) is 31.9 Å². The fourth-order valence-electron chi connectivity index (χ4n) is 4.58. The largest absolute Gasteiger partial charge is 0.481 e. The number of likely N-dealkylation sites (tertiary alicyclic amines) is 1. The number of aromatic nitrogens is 1. The standard InChI is InChI=1S/C21H33N3O2/c1-23(2)19(25)15-17-6-8-21(9-7-17)10-13-24(14-11-21)16-18-5-4-12-22-20(18)26-3/h4-5,12,17H,6-11,13-16H2,1-3H3. The summed E-state index contributed by atoms with van der Waals surface area (Å²) in [7, 11) is 5.41. The second-order valence-electron chi connectivity index (χ2n) is 8.38. The number of carbonyl (C=O) groups is 1. The maximum Gasteiger partial charge on any atom is 0.222 e. The van der Waals surface area contributed by atoms with Crippen molar-refractivity contribution in [3.63, 3.8) is 0 Å². The third-order valence-electron chi connectivity index (χ3n) is 6.48. The number of ether oxygens (including phenoxy) is 1. The third-order valence-corrected chi connectivity index (χ3v) is 6.48. The summed E-state index contributed by atoms with van der Waals surface area (Å²) >= 11 is 0. The fraction of sp³-hybridized carbons (Fsp3) is 0.714. The molecule has 0 N–H and O–H groups in total. The van der Waals surface area contributed by atoms with E-state index in [4.69, 9.17) is 4.74 Å². The molecule has 1 saturated heterocycles. The normalized spacial score (nSPS) is 20.9. The average molecular weight is 360 g/mol. The smallest absolute Gasteiger partial charge is 0.222 e. The van der Waals surface area contributed by atoms with Gasteiger partial charge in [-0.2, -0.15) is 0 Å². The predicted molar refractivity (Wildman–Crippen MR) is 103 cm³/mol. The molecule has 0 atom stereocenters. The van der Waals surface area contributed by atoms with Crippen molar-refractivity contribution in [3.05, 3.63) is 23.9 Å². The van der Waals surface area contributed by atoms with Gasteiger partial charge in [0.25, 0.3) is 0 Å². The number of pyridine rings is 1. The Labute approximate surface area is 157 Å². The van der Waals surface area contributed by atoms with E-state index in [2.05, 4.69) is 16.0 Å². The Kier molecular flexibility index (Phi) is 6.17. The lowest BCUT2D eigenvalue weighted by Gasteiger charge is -2.46. The van der Waals surface area contributed by atoms with E-state index in [-0.39, 0.29) is 5.91 Å². The van der Waals surface area contributed by atoms with Crippen molar-refractivity contribution in [2.45, 2.75) is 51.5 Å². The number of nitrogens with zero attached hydrogens (tertiary/aromatic N) is 3. The summed E-state index contributed by atoms with van der Waals surface area (Å²) in [5.41, 5.74) is 1.70. The monoisotopic (exact) mass is 359 g/mol. The number of hydrogen-bond acceptors (Lipinski definition) is 4. The molecule has 5 heteroatoms. The lowest BCUT2D eigenvalue weighted by molar-refractivity contribution is -0.130. The lowest BCUT2D eigenvalue weighted by Crippen LogP contribution is -2.42. The molecule has 1 aliphatic heterocycles. The first kappa shape index (κ1) is 19.2. The van der Waals surface area contributed by atoms with Crippen LogP contribution in [0.3, 0.4) is 0 Å². The van der Waals surface area contributed by atoms with Gasteiger partial charge in [-0.05, 0) is 69.0 Å². The van der Waals surface area contributed by atoms with Crippen molar-refractivity contribution in [3.8, 4) is 5.88 Å². The summed E-state index contributed by atoms with van der Waals surface area (Å²) in [5, 5.41) is 0. The van der Waals surface area contributed by atoms with E-state index < -0.39 is 0 Å². The van der Waals surface area contributed by atoms with Crippen LogP contribution in [0.4, 0.5) is 0 Å². The van der Waals surface area contributed by atoms with Crippen molar-refractivity contribution in [1.82, 2.24) is 14.8 Å². The van der Waals surface area contributed by atoms with Gasteiger partial charge >= 0.3 is 0 Å². The van der Waals surface area contributed by atoms with Crippen molar-refractivity contribution < 1.29 is 9.53 Å². The average Bonchev–Trinajstić information content (AvgIpc) is 2.66. The first-order chi connectivity index (χ1) is 12.5. The molecule has 5 nitrogen and oxygen atoms in total. The fourth-order valence-corrected chi connectivity index (χ4v) is 4.58. The maximum atomic E-state index is 12.0. The maximum absolute atomic E-state index is 12.0. The van der Waals surface area contributed by atoms with E-state index in [0.29, 0.717) is 11.3 Å². The molecule has 1 aromatic rings. The Bertz CT molecular complexity index is 599. The molecule has 0 bridgehead atoms. The highest BCUT2D eigenvalue weighted by molar-refractivity contribution is 5.75. The van der Waals surface area contributed by atoms with Crippen molar-refractivity contribution in [2.24, 2.45) is 11.3 Å². The zero-order chi connectivity index (χ0) is 18.6. The Morgan fingerprint density at radius 1 is 1.27 bits per heavy atom. The quantitative estimate of drug-likeness (QED) is 0.809. The molecule has 2 fully saturated rings. The molecule has 1 aromatic heterocycles. The van der Waals surface area contributed by atoms with E-state index in [9.17, 15) is 4.79 Å². The van der Waals surface area contributed by atoms with Crippen LogP contribution in [0.2, 0.25) is 0 Å². The summed E-state index contributed by atoms with van der Waals surface area (Å²) in [6.45, 7) is 3.23. The van der Waals surface area contributed by atoms with Crippen molar-refractivity contribution in [1.29, 1.82) is 0 Å². The molecule has 1 spiro atoms. The van der Waals surface area contributed by atoms with Gasteiger partial charge in [0.1, 0.15) is 0 Å². The SMILES string of the molecule is COc1ncccc1CN1CCC2(CCC(CC(=O)N(C)C)CC2)CC1. The molecular formula is C21H33N3O2. The molecule has 0 unspecified atom stereocenters. The Morgan fingerprint density at radius 2 is 1.96 bits per heavy atom. The molecular weight excluding hydrogens is 326 g/mol. The second-order valence-corrected chi connectivity index (χ2v) is 8.38. The predicted octanol–water partition coefficient (Wildman–Crippen LogP) is 3.34.